The summed E-state index contributed by atoms with van der Waals surface area (Å²) in [7, 11) is -3.55. The van der Waals surface area contributed by atoms with Crippen LogP contribution in [0.5, 0.6) is 0 Å². The van der Waals surface area contributed by atoms with E-state index >= 15 is 0 Å². The summed E-state index contributed by atoms with van der Waals surface area (Å²) in [6.45, 7) is 0.507. The van der Waals surface area contributed by atoms with E-state index in [9.17, 15) is 8.42 Å². The van der Waals surface area contributed by atoms with Crippen molar-refractivity contribution < 1.29 is 12.8 Å². The summed E-state index contributed by atoms with van der Waals surface area (Å²) in [5, 5.41) is 0. The number of sulfonamides is 1. The standard InChI is InChI=1S/C15H16N2O3S/c16-9-2-5-13-4-1-7-15(12-13)21(18,19)17-10-8-14-6-3-11-20-14/h1,3-4,6-7,11-12,17H,8-10,16H2. The molecule has 0 aliphatic heterocycles. The minimum Gasteiger partial charge on any atom is -0.469 e. The molecule has 1 heterocycles. The molecule has 0 aliphatic rings. The number of hydrogen-bond donors (Lipinski definition) is 2. The van der Waals surface area contributed by atoms with E-state index in [1.807, 2.05) is 0 Å². The number of benzene rings is 1. The van der Waals surface area contributed by atoms with Crippen LogP contribution < -0.4 is 10.5 Å². The number of furan rings is 1. The first kappa shape index (κ1) is 15.3. The zero-order valence-electron chi connectivity index (χ0n) is 11.4. The van der Waals surface area contributed by atoms with Crippen LogP contribution in [0.15, 0.2) is 52.0 Å². The van der Waals surface area contributed by atoms with Gasteiger partial charge in [0.05, 0.1) is 17.7 Å². The second-order valence-electron chi connectivity index (χ2n) is 4.26. The van der Waals surface area contributed by atoms with Crippen molar-refractivity contribution >= 4 is 10.0 Å². The lowest BCUT2D eigenvalue weighted by Gasteiger charge is -2.06. The summed E-state index contributed by atoms with van der Waals surface area (Å²) in [6.07, 6.45) is 2.06. The summed E-state index contributed by atoms with van der Waals surface area (Å²) >= 11 is 0. The normalized spacial score (nSPS) is 10.9. The first-order chi connectivity index (χ1) is 10.1. The molecule has 0 fully saturated rings. The van der Waals surface area contributed by atoms with Crippen LogP contribution in [-0.2, 0) is 16.4 Å². The molecule has 21 heavy (non-hydrogen) atoms. The Morgan fingerprint density at radius 3 is 2.81 bits per heavy atom. The third-order valence-corrected chi connectivity index (χ3v) is 4.18. The highest BCUT2D eigenvalue weighted by Crippen LogP contribution is 2.11. The lowest BCUT2D eigenvalue weighted by atomic mass is 10.2. The molecule has 2 rings (SSSR count). The van der Waals surface area contributed by atoms with Crippen molar-refractivity contribution in [1.82, 2.24) is 4.72 Å². The van der Waals surface area contributed by atoms with E-state index in [1.165, 1.54) is 12.1 Å². The first-order valence-corrected chi connectivity index (χ1v) is 7.91. The summed E-state index contributed by atoms with van der Waals surface area (Å²) < 4.78 is 32.0. The molecule has 2 aromatic rings. The fourth-order valence-electron chi connectivity index (χ4n) is 1.74. The summed E-state index contributed by atoms with van der Waals surface area (Å²) in [5.41, 5.74) is 5.92. The molecule has 0 amide bonds. The Morgan fingerprint density at radius 2 is 2.10 bits per heavy atom. The molecule has 0 bridgehead atoms. The van der Waals surface area contributed by atoms with E-state index in [1.54, 1.807) is 30.5 Å². The summed E-state index contributed by atoms with van der Waals surface area (Å²) in [5.74, 6) is 6.24. The second kappa shape index (κ2) is 7.09. The number of nitrogens with one attached hydrogen (secondary N) is 1. The number of nitrogens with two attached hydrogens (primary N) is 1. The molecule has 0 atom stereocenters. The highest BCUT2D eigenvalue weighted by atomic mass is 32.2. The zero-order valence-corrected chi connectivity index (χ0v) is 12.2. The van der Waals surface area contributed by atoms with E-state index in [0.29, 0.717) is 12.0 Å². The van der Waals surface area contributed by atoms with E-state index in [4.69, 9.17) is 10.2 Å². The van der Waals surface area contributed by atoms with Crippen molar-refractivity contribution in [1.29, 1.82) is 0 Å². The van der Waals surface area contributed by atoms with Crippen LogP contribution in [0.4, 0.5) is 0 Å². The third-order valence-electron chi connectivity index (χ3n) is 2.72. The molecule has 3 N–H and O–H groups in total. The van der Waals surface area contributed by atoms with Gasteiger partial charge < -0.3 is 10.2 Å². The third kappa shape index (κ3) is 4.46. The van der Waals surface area contributed by atoms with Gasteiger partial charge >= 0.3 is 0 Å². The number of rotatable bonds is 5. The Kier molecular flexibility index (Phi) is 5.17. The molecule has 0 saturated carbocycles. The maximum absolute atomic E-state index is 12.2. The SMILES string of the molecule is NCC#Cc1cccc(S(=O)(=O)NCCc2ccco2)c1. The van der Waals surface area contributed by atoms with E-state index in [0.717, 1.165) is 5.76 Å². The van der Waals surface area contributed by atoms with Gasteiger partial charge in [0.25, 0.3) is 0 Å². The minimum absolute atomic E-state index is 0.186. The monoisotopic (exact) mass is 304 g/mol. The lowest BCUT2D eigenvalue weighted by molar-refractivity contribution is 0.506. The average Bonchev–Trinajstić information content (AvgIpc) is 2.98. The van der Waals surface area contributed by atoms with Gasteiger partial charge in [-0.2, -0.15) is 0 Å². The van der Waals surface area contributed by atoms with Gasteiger partial charge in [0.15, 0.2) is 0 Å². The summed E-state index contributed by atoms with van der Waals surface area (Å²) in [6, 6.07) is 10.0. The fraction of sp³-hybridized carbons (Fsp3) is 0.200. The Hall–Kier alpha value is -2.07. The lowest BCUT2D eigenvalue weighted by Crippen LogP contribution is -2.25. The largest absolute Gasteiger partial charge is 0.469 e. The zero-order chi connectivity index (χ0) is 15.1. The van der Waals surface area contributed by atoms with E-state index in [-0.39, 0.29) is 18.0 Å². The van der Waals surface area contributed by atoms with Crippen LogP contribution in [0, 0.1) is 11.8 Å². The van der Waals surface area contributed by atoms with Gasteiger partial charge in [0.2, 0.25) is 10.0 Å². The predicted octanol–water partition coefficient (Wildman–Crippen LogP) is 1.11. The van der Waals surface area contributed by atoms with Crippen LogP contribution in [0.25, 0.3) is 0 Å². The molecule has 1 aromatic carbocycles. The second-order valence-corrected chi connectivity index (χ2v) is 6.03. The molecule has 0 spiro atoms. The van der Waals surface area contributed by atoms with Gasteiger partial charge in [-0.3, -0.25) is 0 Å². The van der Waals surface area contributed by atoms with Gasteiger partial charge in [0.1, 0.15) is 5.76 Å². The first-order valence-electron chi connectivity index (χ1n) is 6.43. The molecular formula is C15H16N2O3S. The Balaban J connectivity index is 2.04. The fourth-order valence-corrected chi connectivity index (χ4v) is 2.82. The number of hydrogen-bond acceptors (Lipinski definition) is 4. The predicted molar refractivity (Wildman–Crippen MR) is 80.0 cm³/mol. The topological polar surface area (TPSA) is 85.3 Å². The molecule has 0 radical (unpaired) electrons. The van der Waals surface area contributed by atoms with Crippen molar-refractivity contribution in [2.24, 2.45) is 5.73 Å². The van der Waals surface area contributed by atoms with E-state index in [2.05, 4.69) is 16.6 Å². The van der Waals surface area contributed by atoms with E-state index < -0.39 is 10.0 Å². The maximum atomic E-state index is 12.2. The van der Waals surface area contributed by atoms with Crippen molar-refractivity contribution in [3.8, 4) is 11.8 Å². The Labute approximate surface area is 124 Å². The highest BCUT2D eigenvalue weighted by molar-refractivity contribution is 7.89. The van der Waals surface area contributed by atoms with Crippen LogP contribution in [-0.4, -0.2) is 21.5 Å². The molecule has 110 valence electrons. The van der Waals surface area contributed by atoms with Crippen molar-refractivity contribution in [2.45, 2.75) is 11.3 Å². The van der Waals surface area contributed by atoms with Gasteiger partial charge in [-0.15, -0.1) is 0 Å². The summed E-state index contributed by atoms with van der Waals surface area (Å²) in [4.78, 5) is 0.186. The Bertz CT molecular complexity index is 741. The van der Waals surface area contributed by atoms with Crippen molar-refractivity contribution in [3.63, 3.8) is 0 Å². The van der Waals surface area contributed by atoms with Crippen molar-refractivity contribution in [3.05, 3.63) is 54.0 Å². The van der Waals surface area contributed by atoms with Crippen LogP contribution in [0.1, 0.15) is 11.3 Å². The molecular weight excluding hydrogens is 288 g/mol. The van der Waals surface area contributed by atoms with Crippen molar-refractivity contribution in [2.75, 3.05) is 13.1 Å². The smallest absolute Gasteiger partial charge is 0.240 e. The maximum Gasteiger partial charge on any atom is 0.240 e. The van der Waals surface area contributed by atoms with Gasteiger partial charge in [-0.1, -0.05) is 17.9 Å². The van der Waals surface area contributed by atoms with Crippen LogP contribution in [0.2, 0.25) is 0 Å². The molecule has 0 unspecified atom stereocenters. The van der Waals surface area contributed by atoms with Gasteiger partial charge in [0, 0.05) is 18.5 Å². The highest BCUT2D eigenvalue weighted by Gasteiger charge is 2.13. The average molecular weight is 304 g/mol. The minimum atomic E-state index is -3.55. The van der Waals surface area contributed by atoms with Crippen LogP contribution in [0.3, 0.4) is 0 Å². The molecule has 1 aromatic heterocycles. The quantitative estimate of drug-likeness (QED) is 0.810. The van der Waals surface area contributed by atoms with Gasteiger partial charge in [-0.25, -0.2) is 13.1 Å². The van der Waals surface area contributed by atoms with Crippen LogP contribution >= 0.6 is 0 Å². The molecule has 6 heteroatoms. The molecule has 0 saturated heterocycles. The Morgan fingerprint density at radius 1 is 1.24 bits per heavy atom. The molecule has 0 aliphatic carbocycles. The van der Waals surface area contributed by atoms with Gasteiger partial charge in [-0.05, 0) is 30.3 Å². The molecule has 5 nitrogen and oxygen atoms in total.